The van der Waals surface area contributed by atoms with Crippen LogP contribution in [0, 0.1) is 12.7 Å². The molecular formula is C21H26FNO4. The molecule has 0 radical (unpaired) electrons. The van der Waals surface area contributed by atoms with E-state index in [1.54, 1.807) is 35.2 Å². The summed E-state index contributed by atoms with van der Waals surface area (Å²) in [5.41, 5.74) is 1.85. The normalized spacial score (nSPS) is 10.6. The molecule has 0 unspecified atom stereocenters. The Labute approximate surface area is 159 Å². The van der Waals surface area contributed by atoms with Crippen LogP contribution < -0.4 is 9.47 Å². The van der Waals surface area contributed by atoms with Crippen LogP contribution in [-0.2, 0) is 6.42 Å². The summed E-state index contributed by atoms with van der Waals surface area (Å²) in [6, 6.07) is 9.95. The van der Waals surface area contributed by atoms with E-state index in [2.05, 4.69) is 0 Å². The number of nitrogens with zero attached hydrogens (tertiary/aromatic N) is 1. The summed E-state index contributed by atoms with van der Waals surface area (Å²) in [5, 5.41) is 9.34. The van der Waals surface area contributed by atoms with E-state index >= 15 is 0 Å². The predicted molar refractivity (Wildman–Crippen MR) is 102 cm³/mol. The molecule has 146 valence electrons. The van der Waals surface area contributed by atoms with Crippen molar-refractivity contribution in [3.05, 3.63) is 58.9 Å². The van der Waals surface area contributed by atoms with Crippen LogP contribution in [0.3, 0.4) is 0 Å². The van der Waals surface area contributed by atoms with Crippen molar-refractivity contribution in [3.8, 4) is 11.5 Å². The van der Waals surface area contributed by atoms with Crippen LogP contribution in [-0.4, -0.2) is 49.8 Å². The van der Waals surface area contributed by atoms with E-state index < -0.39 is 0 Å². The lowest BCUT2D eigenvalue weighted by Crippen LogP contribution is -2.34. The Hall–Kier alpha value is -2.60. The summed E-state index contributed by atoms with van der Waals surface area (Å²) < 4.78 is 24.4. The SMILES string of the molecule is COc1cc(C(=O)N(CCO)CCCc2ccccc2F)cc(OC)c1C. The monoisotopic (exact) mass is 375 g/mol. The third-order valence-electron chi connectivity index (χ3n) is 4.49. The van der Waals surface area contributed by atoms with Crippen LogP contribution in [0.25, 0.3) is 0 Å². The van der Waals surface area contributed by atoms with Gasteiger partial charge in [-0.05, 0) is 43.5 Å². The molecule has 0 aliphatic heterocycles. The summed E-state index contributed by atoms with van der Waals surface area (Å²) in [4.78, 5) is 14.5. The summed E-state index contributed by atoms with van der Waals surface area (Å²) in [5.74, 6) is 0.653. The minimum atomic E-state index is -0.245. The topological polar surface area (TPSA) is 59.0 Å². The van der Waals surface area contributed by atoms with E-state index in [4.69, 9.17) is 9.47 Å². The Kier molecular flexibility index (Phi) is 7.61. The number of benzene rings is 2. The first-order valence-corrected chi connectivity index (χ1v) is 8.88. The number of carbonyl (C=O) groups excluding carboxylic acids is 1. The summed E-state index contributed by atoms with van der Waals surface area (Å²) in [7, 11) is 3.08. The molecule has 27 heavy (non-hydrogen) atoms. The fraction of sp³-hybridized carbons (Fsp3) is 0.381. The number of hydrogen-bond acceptors (Lipinski definition) is 4. The van der Waals surface area contributed by atoms with Gasteiger partial charge in [-0.3, -0.25) is 4.79 Å². The van der Waals surface area contributed by atoms with Gasteiger partial charge in [0, 0.05) is 24.2 Å². The molecule has 0 heterocycles. The van der Waals surface area contributed by atoms with Crippen LogP contribution in [0.15, 0.2) is 36.4 Å². The van der Waals surface area contributed by atoms with E-state index in [0.29, 0.717) is 42.0 Å². The lowest BCUT2D eigenvalue weighted by atomic mass is 10.1. The fourth-order valence-corrected chi connectivity index (χ4v) is 2.99. The number of ether oxygens (including phenoxy) is 2. The highest BCUT2D eigenvalue weighted by atomic mass is 19.1. The summed E-state index contributed by atoms with van der Waals surface area (Å²) in [6.07, 6.45) is 1.11. The summed E-state index contributed by atoms with van der Waals surface area (Å²) in [6.45, 7) is 2.32. The largest absolute Gasteiger partial charge is 0.496 e. The minimum absolute atomic E-state index is 0.147. The molecule has 1 amide bonds. The molecule has 2 aromatic rings. The number of halogens is 1. The molecule has 0 aliphatic rings. The highest BCUT2D eigenvalue weighted by Crippen LogP contribution is 2.30. The number of aliphatic hydroxyl groups excluding tert-OH is 1. The van der Waals surface area contributed by atoms with Gasteiger partial charge in [-0.15, -0.1) is 0 Å². The van der Waals surface area contributed by atoms with Crippen molar-refractivity contribution >= 4 is 5.91 Å². The molecule has 0 saturated carbocycles. The first-order chi connectivity index (χ1) is 13.0. The fourth-order valence-electron chi connectivity index (χ4n) is 2.99. The molecule has 1 N–H and O–H groups in total. The Morgan fingerprint density at radius 2 is 1.74 bits per heavy atom. The van der Waals surface area contributed by atoms with Crippen molar-refractivity contribution in [2.75, 3.05) is 33.9 Å². The smallest absolute Gasteiger partial charge is 0.254 e. The van der Waals surface area contributed by atoms with Crippen LogP contribution >= 0.6 is 0 Å². The molecular weight excluding hydrogens is 349 g/mol. The zero-order valence-corrected chi connectivity index (χ0v) is 16.0. The maximum Gasteiger partial charge on any atom is 0.254 e. The molecule has 2 aromatic carbocycles. The number of amides is 1. The molecule has 0 spiro atoms. The second-order valence-corrected chi connectivity index (χ2v) is 6.22. The quantitative estimate of drug-likeness (QED) is 0.731. The van der Waals surface area contributed by atoms with Crippen LogP contribution in [0.1, 0.15) is 27.9 Å². The second-order valence-electron chi connectivity index (χ2n) is 6.22. The van der Waals surface area contributed by atoms with Crippen molar-refractivity contribution in [2.24, 2.45) is 0 Å². The van der Waals surface area contributed by atoms with E-state index in [9.17, 15) is 14.3 Å². The zero-order valence-electron chi connectivity index (χ0n) is 16.0. The Bertz CT molecular complexity index is 754. The third kappa shape index (κ3) is 5.20. The van der Waals surface area contributed by atoms with Crippen LogP contribution in [0.5, 0.6) is 11.5 Å². The average molecular weight is 375 g/mol. The number of carbonyl (C=O) groups is 1. The van der Waals surface area contributed by atoms with Gasteiger partial charge < -0.3 is 19.5 Å². The minimum Gasteiger partial charge on any atom is -0.496 e. The van der Waals surface area contributed by atoms with Gasteiger partial charge in [0.1, 0.15) is 17.3 Å². The number of hydrogen-bond donors (Lipinski definition) is 1. The van der Waals surface area contributed by atoms with Gasteiger partial charge in [0.05, 0.1) is 20.8 Å². The third-order valence-corrected chi connectivity index (χ3v) is 4.49. The molecule has 0 aromatic heterocycles. The highest BCUT2D eigenvalue weighted by molar-refractivity contribution is 5.95. The molecule has 2 rings (SSSR count). The zero-order chi connectivity index (χ0) is 19.8. The van der Waals surface area contributed by atoms with Crippen molar-refractivity contribution < 1.29 is 23.8 Å². The van der Waals surface area contributed by atoms with Gasteiger partial charge in [-0.25, -0.2) is 4.39 Å². The molecule has 6 heteroatoms. The summed E-state index contributed by atoms with van der Waals surface area (Å²) >= 11 is 0. The Balaban J connectivity index is 2.13. The molecule has 0 aliphatic carbocycles. The van der Waals surface area contributed by atoms with Crippen molar-refractivity contribution in [1.82, 2.24) is 4.90 Å². The number of methoxy groups -OCH3 is 2. The van der Waals surface area contributed by atoms with E-state index in [0.717, 1.165) is 5.56 Å². The van der Waals surface area contributed by atoms with Gasteiger partial charge in [-0.1, -0.05) is 18.2 Å². The van der Waals surface area contributed by atoms with E-state index in [-0.39, 0.29) is 24.9 Å². The number of aryl methyl sites for hydroxylation is 1. The van der Waals surface area contributed by atoms with Gasteiger partial charge in [-0.2, -0.15) is 0 Å². The Morgan fingerprint density at radius 1 is 1.11 bits per heavy atom. The highest BCUT2D eigenvalue weighted by Gasteiger charge is 2.19. The van der Waals surface area contributed by atoms with Crippen molar-refractivity contribution in [3.63, 3.8) is 0 Å². The lowest BCUT2D eigenvalue weighted by molar-refractivity contribution is 0.0719. The molecule has 0 saturated heterocycles. The van der Waals surface area contributed by atoms with Gasteiger partial charge >= 0.3 is 0 Å². The molecule has 5 nitrogen and oxygen atoms in total. The van der Waals surface area contributed by atoms with E-state index in [1.165, 1.54) is 20.3 Å². The van der Waals surface area contributed by atoms with Gasteiger partial charge in [0.25, 0.3) is 5.91 Å². The van der Waals surface area contributed by atoms with Gasteiger partial charge in [0.15, 0.2) is 0 Å². The van der Waals surface area contributed by atoms with Crippen LogP contribution in [0.4, 0.5) is 4.39 Å². The number of aliphatic hydroxyl groups is 1. The predicted octanol–water partition coefficient (Wildman–Crippen LogP) is 3.22. The van der Waals surface area contributed by atoms with Crippen molar-refractivity contribution in [2.45, 2.75) is 19.8 Å². The second kappa shape index (κ2) is 9.92. The Morgan fingerprint density at radius 3 is 2.30 bits per heavy atom. The van der Waals surface area contributed by atoms with E-state index in [1.807, 2.05) is 6.92 Å². The van der Waals surface area contributed by atoms with Crippen molar-refractivity contribution in [1.29, 1.82) is 0 Å². The number of rotatable bonds is 9. The van der Waals surface area contributed by atoms with Gasteiger partial charge in [0.2, 0.25) is 0 Å². The average Bonchev–Trinajstić information content (AvgIpc) is 2.68. The van der Waals surface area contributed by atoms with Crippen LogP contribution in [0.2, 0.25) is 0 Å². The first kappa shape index (κ1) is 20.7. The maximum atomic E-state index is 13.7. The first-order valence-electron chi connectivity index (χ1n) is 8.88. The standard InChI is InChI=1S/C21H26FNO4/c1-15-19(26-2)13-17(14-20(15)27-3)21(25)23(11-12-24)10-6-8-16-7-4-5-9-18(16)22/h4-5,7,9,13-14,24H,6,8,10-12H2,1-3H3. The molecule has 0 atom stereocenters. The molecule has 0 bridgehead atoms. The lowest BCUT2D eigenvalue weighted by Gasteiger charge is -2.23. The molecule has 0 fully saturated rings. The maximum absolute atomic E-state index is 13.7.